The number of amides is 5. The molecule has 5 amide bonds. The molecule has 0 fully saturated rings. The first-order valence-electron chi connectivity index (χ1n) is 18.9. The molecule has 0 atom stereocenters. The molecule has 4 heterocycles. The van der Waals surface area contributed by atoms with Crippen molar-refractivity contribution in [2.45, 2.75) is 13.8 Å². The van der Waals surface area contributed by atoms with Gasteiger partial charge in [0.2, 0.25) is 0 Å². The highest BCUT2D eigenvalue weighted by Gasteiger charge is 2.10. The minimum atomic E-state index is -0.354. The molecule has 6 N–H and O–H groups in total. The van der Waals surface area contributed by atoms with Gasteiger partial charge in [-0.1, -0.05) is 0 Å². The highest BCUT2D eigenvalue weighted by Crippen LogP contribution is 2.26. The van der Waals surface area contributed by atoms with Crippen LogP contribution in [0.2, 0.25) is 0 Å². The third-order valence-corrected chi connectivity index (χ3v) is 9.00. The van der Waals surface area contributed by atoms with E-state index in [0.29, 0.717) is 51.4 Å². The number of fused-ring (bicyclic) bond motifs is 2. The lowest BCUT2D eigenvalue weighted by atomic mass is 10.2. The molecule has 8 rings (SSSR count). The molecule has 16 heteroatoms. The van der Waals surface area contributed by atoms with Crippen molar-refractivity contribution in [3.05, 3.63) is 151 Å². The van der Waals surface area contributed by atoms with Crippen molar-refractivity contribution >= 4 is 68.3 Å². The van der Waals surface area contributed by atoms with E-state index in [2.05, 4.69) is 46.6 Å². The Morgan fingerprint density at radius 1 is 0.590 bits per heavy atom. The van der Waals surface area contributed by atoms with Crippen LogP contribution in [-0.2, 0) is 7.05 Å². The van der Waals surface area contributed by atoms with Crippen LogP contribution in [0.1, 0.15) is 33.6 Å². The summed E-state index contributed by atoms with van der Waals surface area (Å²) in [5, 5.41) is 19.9. The third-order valence-electron chi connectivity index (χ3n) is 9.00. The zero-order valence-electron chi connectivity index (χ0n) is 33.4. The number of nitrogens with zero attached hydrogens (tertiary/aromatic N) is 4. The van der Waals surface area contributed by atoms with Gasteiger partial charge in [0, 0.05) is 90.3 Å². The molecule has 8 aromatic rings. The second-order valence-electron chi connectivity index (χ2n) is 13.6. The van der Waals surface area contributed by atoms with Gasteiger partial charge in [-0.3, -0.25) is 24.2 Å². The fourth-order valence-electron chi connectivity index (χ4n) is 6.06. The maximum atomic E-state index is 12.3. The first kappa shape index (κ1) is 40.7. The van der Waals surface area contributed by atoms with Crippen LogP contribution in [0.5, 0.6) is 23.0 Å². The largest absolute Gasteiger partial charge is 0.457 e. The Balaban J connectivity index is 0.000000184. The molecule has 0 radical (unpaired) electrons. The molecule has 4 aromatic heterocycles. The number of carbonyl (C=O) groups is 4. The van der Waals surface area contributed by atoms with E-state index in [4.69, 9.17) is 9.47 Å². The summed E-state index contributed by atoms with van der Waals surface area (Å²) in [6.45, 7) is 3.44. The first-order chi connectivity index (χ1) is 29.5. The number of aromatic amines is 1. The Hall–Kier alpha value is -8.53. The van der Waals surface area contributed by atoms with E-state index >= 15 is 0 Å². The van der Waals surface area contributed by atoms with Gasteiger partial charge in [0.15, 0.2) is 5.78 Å². The summed E-state index contributed by atoms with van der Waals surface area (Å²) in [5.74, 6) is 1.72. The van der Waals surface area contributed by atoms with Gasteiger partial charge >= 0.3 is 12.1 Å². The summed E-state index contributed by atoms with van der Waals surface area (Å²) in [6.07, 6.45) is 4.78. The quantitative estimate of drug-likeness (QED) is 0.0726. The molecule has 0 bridgehead atoms. The Labute approximate surface area is 349 Å². The van der Waals surface area contributed by atoms with E-state index in [1.54, 1.807) is 90.7 Å². The van der Waals surface area contributed by atoms with Crippen molar-refractivity contribution in [1.29, 1.82) is 0 Å². The molecule has 0 aliphatic carbocycles. The Morgan fingerprint density at radius 3 is 1.67 bits per heavy atom. The average Bonchev–Trinajstić information content (AvgIpc) is 3.82. The number of pyridine rings is 2. The fourth-order valence-corrected chi connectivity index (χ4v) is 6.06. The van der Waals surface area contributed by atoms with E-state index in [1.165, 1.54) is 19.3 Å². The number of carbonyl (C=O) groups excluding carboxylic acids is 4. The number of rotatable bonds is 10. The predicted octanol–water partition coefficient (Wildman–Crippen LogP) is 9.27. The number of benzene rings is 4. The number of ketones is 1. The Kier molecular flexibility index (Phi) is 12.2. The lowest BCUT2D eigenvalue weighted by molar-refractivity contribution is 0.0956. The van der Waals surface area contributed by atoms with Gasteiger partial charge in [-0.25, -0.2) is 9.59 Å². The molecule has 0 aliphatic rings. The number of aryl methyl sites for hydroxylation is 2. The van der Waals surface area contributed by atoms with Crippen molar-refractivity contribution in [2.24, 2.45) is 7.05 Å². The van der Waals surface area contributed by atoms with Crippen LogP contribution in [0.3, 0.4) is 0 Å². The van der Waals surface area contributed by atoms with Crippen LogP contribution in [0, 0.1) is 6.92 Å². The number of Topliss-reactive ketones (excluding diaryl/α,β-unsaturated/α-hetero) is 1. The van der Waals surface area contributed by atoms with Crippen molar-refractivity contribution in [3.8, 4) is 23.0 Å². The maximum Gasteiger partial charge on any atom is 0.323 e. The van der Waals surface area contributed by atoms with Gasteiger partial charge in [-0.05, 0) is 110 Å². The first-order valence-corrected chi connectivity index (χ1v) is 18.9. The normalized spacial score (nSPS) is 10.6. The highest BCUT2D eigenvalue weighted by molar-refractivity contribution is 6.02. The molecule has 0 saturated carbocycles. The molecule has 306 valence electrons. The number of nitrogens with one attached hydrogen (secondary N) is 6. The van der Waals surface area contributed by atoms with E-state index < -0.39 is 0 Å². The smallest absolute Gasteiger partial charge is 0.323 e. The van der Waals surface area contributed by atoms with Crippen molar-refractivity contribution in [3.63, 3.8) is 0 Å². The van der Waals surface area contributed by atoms with Crippen LogP contribution in [0.25, 0.3) is 21.8 Å². The van der Waals surface area contributed by atoms with E-state index in [0.717, 1.165) is 27.5 Å². The van der Waals surface area contributed by atoms with Crippen molar-refractivity contribution in [2.75, 3.05) is 28.3 Å². The SMILES string of the molecule is CC(=O)c1cc(Oc2ccc(NC(=O)Nc3ccc4c(cnn4C)c3)cc2)ccn1.CNC(=O)c1cc(Oc2ccc(NC(=O)Nc3ccc4[nH]c(C)cc4c3)cc2)ccn1. The molecule has 4 aromatic carbocycles. The molecule has 0 spiro atoms. The molecule has 16 nitrogen and oxygen atoms in total. The number of hydrogen-bond acceptors (Lipinski definition) is 9. The Bertz CT molecular complexity index is 2870. The number of aromatic nitrogens is 5. The minimum absolute atomic E-state index is 0.131. The standard InChI is InChI=1S/C23H21N5O3.C22H19N5O3/c1-14-11-15-12-17(5-8-20(15)26-14)28-23(30)27-16-3-6-18(7-4-16)31-19-9-10-25-21(13-19)22(29)24-2;1-14(28)20-12-19(9-10-23-20)30-18-6-3-16(4-7-18)25-22(29)26-17-5-8-21-15(11-17)13-24-27(21)2/h3-13,26H,1-2H3,(H,24,29)(H2,27,28,30);3-13H,1-2H3,(H2,25,26,29). The number of anilines is 4. The van der Waals surface area contributed by atoms with Crippen molar-refractivity contribution < 1.29 is 28.7 Å². The van der Waals surface area contributed by atoms with Crippen LogP contribution < -0.4 is 36.1 Å². The average molecular weight is 817 g/mol. The summed E-state index contributed by atoms with van der Waals surface area (Å²) in [6, 6.07) is 32.9. The van der Waals surface area contributed by atoms with Gasteiger partial charge < -0.3 is 41.0 Å². The lowest BCUT2D eigenvalue weighted by Crippen LogP contribution is -2.19. The Morgan fingerprint density at radius 2 is 1.10 bits per heavy atom. The van der Waals surface area contributed by atoms with Gasteiger partial charge in [0.25, 0.3) is 5.91 Å². The van der Waals surface area contributed by atoms with Crippen LogP contribution >= 0.6 is 0 Å². The number of urea groups is 2. The van der Waals surface area contributed by atoms with E-state index in [-0.39, 0.29) is 29.4 Å². The zero-order chi connectivity index (χ0) is 42.9. The molecular weight excluding hydrogens is 777 g/mol. The predicted molar refractivity (Wildman–Crippen MR) is 234 cm³/mol. The van der Waals surface area contributed by atoms with Crippen LogP contribution in [-0.4, -0.2) is 55.5 Å². The monoisotopic (exact) mass is 816 g/mol. The lowest BCUT2D eigenvalue weighted by Gasteiger charge is -2.10. The number of ether oxygens (including phenoxy) is 2. The third kappa shape index (κ3) is 10.7. The van der Waals surface area contributed by atoms with E-state index in [1.807, 2.05) is 56.4 Å². The highest BCUT2D eigenvalue weighted by atomic mass is 16.5. The van der Waals surface area contributed by atoms with Gasteiger partial charge in [0.1, 0.15) is 34.4 Å². The summed E-state index contributed by atoms with van der Waals surface area (Å²) < 4.78 is 13.3. The molecule has 0 aliphatic heterocycles. The second-order valence-corrected chi connectivity index (χ2v) is 13.6. The second kappa shape index (κ2) is 18.4. The summed E-state index contributed by atoms with van der Waals surface area (Å²) in [5.41, 5.74) is 6.29. The van der Waals surface area contributed by atoms with Crippen LogP contribution in [0.15, 0.2) is 134 Å². The van der Waals surface area contributed by atoms with E-state index in [9.17, 15) is 19.2 Å². The maximum absolute atomic E-state index is 12.3. The number of hydrogen-bond donors (Lipinski definition) is 6. The molecule has 61 heavy (non-hydrogen) atoms. The van der Waals surface area contributed by atoms with Crippen LogP contribution in [0.4, 0.5) is 32.3 Å². The summed E-state index contributed by atoms with van der Waals surface area (Å²) in [7, 11) is 3.41. The van der Waals surface area contributed by atoms with Gasteiger partial charge in [-0.2, -0.15) is 5.10 Å². The van der Waals surface area contributed by atoms with Crippen molar-refractivity contribution in [1.82, 2.24) is 30.0 Å². The topological polar surface area (TPSA) is 206 Å². The number of H-pyrrole nitrogens is 1. The minimum Gasteiger partial charge on any atom is -0.457 e. The molecule has 0 unspecified atom stereocenters. The zero-order valence-corrected chi connectivity index (χ0v) is 33.4. The summed E-state index contributed by atoms with van der Waals surface area (Å²) >= 11 is 0. The van der Waals surface area contributed by atoms with Gasteiger partial charge in [-0.15, -0.1) is 0 Å². The molecular formula is C45H40N10O6. The molecule has 0 saturated heterocycles. The fraction of sp³-hybridized carbons (Fsp3) is 0.0889. The summed E-state index contributed by atoms with van der Waals surface area (Å²) in [4.78, 5) is 59.0. The van der Waals surface area contributed by atoms with Gasteiger partial charge in [0.05, 0.1) is 11.7 Å².